The highest BCUT2D eigenvalue weighted by Crippen LogP contribution is 2.37. The normalized spacial score (nSPS) is 20.0. The van der Waals surface area contributed by atoms with Crippen LogP contribution < -0.4 is 10.4 Å². The molecule has 8 nitrogen and oxygen atoms in total. The number of nitrogens with zero attached hydrogens (tertiary/aromatic N) is 2. The Morgan fingerprint density at radius 3 is 2.12 bits per heavy atom. The molecular formula is C31H36N2O6Si. The summed E-state index contributed by atoms with van der Waals surface area (Å²) in [6, 6.07) is 26.5. The Kier molecular flexibility index (Phi) is 8.87. The summed E-state index contributed by atoms with van der Waals surface area (Å²) in [7, 11) is -2.86. The van der Waals surface area contributed by atoms with Gasteiger partial charge in [0.15, 0.2) is 0 Å². The van der Waals surface area contributed by atoms with Crippen LogP contribution in [0.5, 0.6) is 0 Å². The molecule has 0 spiro atoms. The number of rotatable bonds is 8. The molecule has 1 heterocycles. The molecule has 0 radical (unpaired) electrons. The summed E-state index contributed by atoms with van der Waals surface area (Å²) in [6.07, 6.45) is 1.13. The summed E-state index contributed by atoms with van der Waals surface area (Å²) < 4.78 is 13.5. The zero-order valence-electron chi connectivity index (χ0n) is 23.3. The second-order valence-electron chi connectivity index (χ2n) is 11.0. The van der Waals surface area contributed by atoms with Gasteiger partial charge in [0.1, 0.15) is 6.10 Å². The van der Waals surface area contributed by atoms with Crippen molar-refractivity contribution in [3.8, 4) is 0 Å². The second-order valence-corrected chi connectivity index (χ2v) is 15.3. The molecule has 1 fully saturated rings. The van der Waals surface area contributed by atoms with Gasteiger partial charge in [-0.05, 0) is 34.5 Å². The first-order valence-corrected chi connectivity index (χ1v) is 15.3. The lowest BCUT2D eigenvalue weighted by atomic mass is 10.1. The maximum Gasteiger partial charge on any atom is 0.407 e. The Labute approximate surface area is 236 Å². The summed E-state index contributed by atoms with van der Waals surface area (Å²) in [5.41, 5.74) is 0.404. The molecule has 210 valence electrons. The fourth-order valence-corrected chi connectivity index (χ4v) is 10.0. The fraction of sp³-hybridized carbons (Fsp3) is 0.323. The Bertz CT molecular complexity index is 1300. The molecule has 4 rings (SSSR count). The van der Waals surface area contributed by atoms with Gasteiger partial charge in [-0.3, -0.25) is 10.1 Å². The number of para-hydroxylation sites is 1. The third kappa shape index (κ3) is 6.01. The van der Waals surface area contributed by atoms with Crippen molar-refractivity contribution in [2.45, 2.75) is 51.0 Å². The van der Waals surface area contributed by atoms with Gasteiger partial charge in [0.05, 0.1) is 35.8 Å². The van der Waals surface area contributed by atoms with Crippen molar-refractivity contribution in [2.24, 2.45) is 0 Å². The third-order valence-corrected chi connectivity index (χ3v) is 12.5. The van der Waals surface area contributed by atoms with Gasteiger partial charge >= 0.3 is 6.09 Å². The molecule has 1 aliphatic heterocycles. The number of nitro benzene ring substituents is 1. The van der Waals surface area contributed by atoms with Crippen LogP contribution >= 0.6 is 0 Å². The van der Waals surface area contributed by atoms with Crippen LogP contribution in [0.15, 0.2) is 91.0 Å². The Balaban J connectivity index is 1.67. The predicted molar refractivity (Wildman–Crippen MR) is 159 cm³/mol. The molecule has 0 bridgehead atoms. The van der Waals surface area contributed by atoms with Gasteiger partial charge in [-0.15, -0.1) is 0 Å². The molecule has 3 atom stereocenters. The first-order chi connectivity index (χ1) is 19.0. The zero-order valence-corrected chi connectivity index (χ0v) is 24.3. The van der Waals surface area contributed by atoms with Crippen LogP contribution in [0.2, 0.25) is 5.04 Å². The zero-order chi connectivity index (χ0) is 28.9. The lowest BCUT2D eigenvalue weighted by molar-refractivity contribution is -0.385. The molecule has 0 aromatic heterocycles. The summed E-state index contributed by atoms with van der Waals surface area (Å²) in [5, 5.41) is 23.4. The van der Waals surface area contributed by atoms with Crippen molar-refractivity contribution in [2.75, 3.05) is 13.2 Å². The maximum absolute atomic E-state index is 12.2. The molecule has 1 aliphatic rings. The van der Waals surface area contributed by atoms with E-state index in [-0.39, 0.29) is 23.9 Å². The number of amides is 1. The predicted octanol–water partition coefficient (Wildman–Crippen LogP) is 5.32. The highest BCUT2D eigenvalue weighted by molar-refractivity contribution is 6.99. The molecule has 1 amide bonds. The molecule has 9 heteroatoms. The Morgan fingerprint density at radius 1 is 1.05 bits per heavy atom. The van der Waals surface area contributed by atoms with Crippen molar-refractivity contribution < 1.29 is 24.0 Å². The van der Waals surface area contributed by atoms with Crippen molar-refractivity contribution in [3.63, 3.8) is 0 Å². The van der Waals surface area contributed by atoms with Crippen LogP contribution in [-0.2, 0) is 9.16 Å². The number of carbonyl (C=O) groups is 1. The van der Waals surface area contributed by atoms with Crippen LogP contribution in [0.1, 0.15) is 33.3 Å². The highest BCUT2D eigenvalue weighted by Gasteiger charge is 2.51. The van der Waals surface area contributed by atoms with Crippen LogP contribution in [0.3, 0.4) is 0 Å². The van der Waals surface area contributed by atoms with Gasteiger partial charge in [-0.1, -0.05) is 99.6 Å². The number of ether oxygens (including phenoxy) is 1. The van der Waals surface area contributed by atoms with Gasteiger partial charge in [0.2, 0.25) is 0 Å². The third-order valence-electron chi connectivity index (χ3n) is 7.51. The monoisotopic (exact) mass is 560 g/mol. The van der Waals surface area contributed by atoms with E-state index in [1.165, 1.54) is 11.0 Å². The van der Waals surface area contributed by atoms with Crippen molar-refractivity contribution >= 4 is 36.5 Å². The minimum Gasteiger partial charge on any atom is -0.465 e. The number of nitro groups is 1. The lowest BCUT2D eigenvalue weighted by Gasteiger charge is -2.46. The van der Waals surface area contributed by atoms with E-state index in [4.69, 9.17) is 9.16 Å². The molecule has 40 heavy (non-hydrogen) atoms. The first kappa shape index (κ1) is 29.2. The van der Waals surface area contributed by atoms with Crippen molar-refractivity contribution in [1.82, 2.24) is 4.90 Å². The standard InChI is InChI=1S/C31H36N2O6Si/c1-23-29(39-25(21-32(23)30(34)35)20-19-24-13-11-12-18-28(24)33(36)37)22-38-40(31(2,3)4,26-14-7-5-8-15-26)27-16-9-6-10-17-27/h5-20,23,25,29H,21-22H2,1-4H3,(H,34,35)/b20-19+/t23-,25-,29-/m1/s1. The van der Waals surface area contributed by atoms with Gasteiger partial charge in [-0.2, -0.15) is 0 Å². The molecule has 1 saturated heterocycles. The van der Waals surface area contributed by atoms with E-state index < -0.39 is 37.6 Å². The number of benzene rings is 3. The number of hydrogen-bond acceptors (Lipinski definition) is 5. The summed E-state index contributed by atoms with van der Waals surface area (Å²) in [4.78, 5) is 24.6. The average Bonchev–Trinajstić information content (AvgIpc) is 2.93. The van der Waals surface area contributed by atoms with E-state index in [2.05, 4.69) is 45.0 Å². The Hall–Kier alpha value is -3.79. The molecule has 0 saturated carbocycles. The number of carboxylic acid groups (broad SMARTS) is 1. The average molecular weight is 561 g/mol. The van der Waals surface area contributed by atoms with Gasteiger partial charge in [0.25, 0.3) is 14.0 Å². The molecule has 0 aliphatic carbocycles. The van der Waals surface area contributed by atoms with E-state index in [1.807, 2.05) is 43.3 Å². The molecule has 1 N–H and O–H groups in total. The van der Waals surface area contributed by atoms with Crippen LogP contribution in [0, 0.1) is 10.1 Å². The van der Waals surface area contributed by atoms with Gasteiger partial charge < -0.3 is 19.2 Å². The summed E-state index contributed by atoms with van der Waals surface area (Å²) >= 11 is 0. The first-order valence-electron chi connectivity index (χ1n) is 13.4. The maximum atomic E-state index is 12.2. The molecular weight excluding hydrogens is 524 g/mol. The van der Waals surface area contributed by atoms with Crippen LogP contribution in [0.4, 0.5) is 10.5 Å². The largest absolute Gasteiger partial charge is 0.465 e. The van der Waals surface area contributed by atoms with Crippen LogP contribution in [-0.4, -0.2) is 60.7 Å². The van der Waals surface area contributed by atoms with Crippen LogP contribution in [0.25, 0.3) is 6.08 Å². The van der Waals surface area contributed by atoms with Crippen molar-refractivity contribution in [3.05, 3.63) is 107 Å². The fourth-order valence-electron chi connectivity index (χ4n) is 5.45. The number of hydrogen-bond donors (Lipinski definition) is 1. The van der Waals surface area contributed by atoms with Gasteiger partial charge in [-0.25, -0.2) is 4.79 Å². The molecule has 3 aromatic carbocycles. The van der Waals surface area contributed by atoms with E-state index in [0.717, 1.165) is 10.4 Å². The smallest absolute Gasteiger partial charge is 0.407 e. The van der Waals surface area contributed by atoms with E-state index in [1.54, 1.807) is 30.4 Å². The van der Waals surface area contributed by atoms with Gasteiger partial charge in [0, 0.05) is 6.07 Å². The van der Waals surface area contributed by atoms with Crippen molar-refractivity contribution in [1.29, 1.82) is 0 Å². The summed E-state index contributed by atoms with van der Waals surface area (Å²) in [6.45, 7) is 8.69. The minimum absolute atomic E-state index is 0.0235. The minimum atomic E-state index is -2.86. The highest BCUT2D eigenvalue weighted by atomic mass is 28.4. The van der Waals surface area contributed by atoms with E-state index >= 15 is 0 Å². The van der Waals surface area contributed by atoms with E-state index in [9.17, 15) is 20.0 Å². The lowest BCUT2D eigenvalue weighted by Crippen LogP contribution is -2.68. The second kappa shape index (κ2) is 12.2. The number of morpholine rings is 1. The molecule has 3 aromatic rings. The topological polar surface area (TPSA) is 102 Å². The molecule has 0 unspecified atom stereocenters. The van der Waals surface area contributed by atoms with E-state index in [0.29, 0.717) is 5.56 Å². The quantitative estimate of drug-likeness (QED) is 0.227. The SMILES string of the molecule is C[C@@H]1[C@@H](CO[Si](c2ccccc2)(c2ccccc2)C(C)(C)C)O[C@H](/C=C/c2ccccc2[N+](=O)[O-])CN1C(=O)O. The Morgan fingerprint density at radius 2 is 1.60 bits per heavy atom. The summed E-state index contributed by atoms with van der Waals surface area (Å²) in [5.74, 6) is 0.